The summed E-state index contributed by atoms with van der Waals surface area (Å²) in [6.45, 7) is 0.951. The fourth-order valence-corrected chi connectivity index (χ4v) is 1.88. The number of halogens is 1. The summed E-state index contributed by atoms with van der Waals surface area (Å²) >= 11 is 0. The molecule has 0 aliphatic carbocycles. The number of aryl methyl sites for hydroxylation is 2. The average molecular weight is 290 g/mol. The van der Waals surface area contributed by atoms with Crippen molar-refractivity contribution in [2.45, 2.75) is 13.0 Å². The Labute approximate surface area is 114 Å². The first kappa shape index (κ1) is 15.4. The van der Waals surface area contributed by atoms with E-state index in [1.165, 1.54) is 11.6 Å². The van der Waals surface area contributed by atoms with Crippen molar-refractivity contribution in [2.24, 2.45) is 20.0 Å². The lowest BCUT2D eigenvalue weighted by molar-refractivity contribution is 0.132. The predicted molar refractivity (Wildman–Crippen MR) is 72.2 cm³/mol. The zero-order chi connectivity index (χ0) is 13.3. The van der Waals surface area contributed by atoms with Crippen LogP contribution in [0.3, 0.4) is 0 Å². The van der Waals surface area contributed by atoms with Crippen molar-refractivity contribution in [3.8, 4) is 0 Å². The molecule has 8 nitrogen and oxygen atoms in total. The topological polar surface area (TPSA) is 97.1 Å². The Hall–Kier alpha value is -1.64. The Bertz CT molecular complexity index is 687. The van der Waals surface area contributed by atoms with Crippen molar-refractivity contribution < 1.29 is 4.84 Å². The molecule has 0 aromatic carbocycles. The molecular formula is C10H16ClN5O3. The molecule has 19 heavy (non-hydrogen) atoms. The molecule has 0 spiro atoms. The van der Waals surface area contributed by atoms with Crippen LogP contribution in [-0.2, 0) is 25.5 Å². The van der Waals surface area contributed by atoms with Gasteiger partial charge in [0, 0.05) is 20.6 Å². The Morgan fingerprint density at radius 3 is 2.63 bits per heavy atom. The molecule has 2 N–H and O–H groups in total. The van der Waals surface area contributed by atoms with Crippen molar-refractivity contribution in [1.29, 1.82) is 0 Å². The third-order valence-electron chi connectivity index (χ3n) is 2.88. The zero-order valence-electron chi connectivity index (χ0n) is 10.7. The number of hydrogen-bond donors (Lipinski definition) is 1. The molecule has 2 rings (SSSR count). The lowest BCUT2D eigenvalue weighted by atomic mass is 10.4. The molecule has 106 valence electrons. The molecule has 0 bridgehead atoms. The van der Waals surface area contributed by atoms with E-state index in [-0.39, 0.29) is 23.7 Å². The SMILES string of the molecule is Cl.Cn1c(=O)c2c(ncn2CCCON)n(C)c1=O. The number of rotatable bonds is 4. The van der Waals surface area contributed by atoms with Gasteiger partial charge in [0.05, 0.1) is 12.9 Å². The molecule has 2 heterocycles. The van der Waals surface area contributed by atoms with Crippen molar-refractivity contribution in [2.75, 3.05) is 6.61 Å². The second kappa shape index (κ2) is 6.00. The van der Waals surface area contributed by atoms with E-state index in [1.807, 2.05) is 0 Å². The summed E-state index contributed by atoms with van der Waals surface area (Å²) in [5, 5.41) is 0. The van der Waals surface area contributed by atoms with Crippen LogP contribution in [0.25, 0.3) is 11.2 Å². The normalized spacial score (nSPS) is 10.7. The highest BCUT2D eigenvalue weighted by atomic mass is 35.5. The standard InChI is InChI=1S/C10H15N5O3.ClH/c1-13-8-7(9(16)14(2)10(13)17)15(6-12-8)4-3-5-18-11;/h6H,3-5,11H2,1-2H3;1H. The van der Waals surface area contributed by atoms with Crippen molar-refractivity contribution >= 4 is 23.6 Å². The molecule has 0 saturated heterocycles. The van der Waals surface area contributed by atoms with Gasteiger partial charge in [0.1, 0.15) is 0 Å². The molecule has 0 radical (unpaired) electrons. The fraction of sp³-hybridized carbons (Fsp3) is 0.500. The highest BCUT2D eigenvalue weighted by Crippen LogP contribution is 2.05. The van der Waals surface area contributed by atoms with Gasteiger partial charge in [-0.05, 0) is 6.42 Å². The van der Waals surface area contributed by atoms with E-state index in [0.717, 1.165) is 4.57 Å². The van der Waals surface area contributed by atoms with Crippen LogP contribution in [0.15, 0.2) is 15.9 Å². The third-order valence-corrected chi connectivity index (χ3v) is 2.88. The first-order valence-electron chi connectivity index (χ1n) is 5.50. The Kier molecular flexibility index (Phi) is 4.87. The second-order valence-corrected chi connectivity index (χ2v) is 4.04. The van der Waals surface area contributed by atoms with Crippen LogP contribution in [0.4, 0.5) is 0 Å². The van der Waals surface area contributed by atoms with Crippen LogP contribution in [0.5, 0.6) is 0 Å². The molecule has 0 fully saturated rings. The van der Waals surface area contributed by atoms with Gasteiger partial charge in [0.15, 0.2) is 11.2 Å². The maximum atomic E-state index is 12.0. The van der Waals surface area contributed by atoms with E-state index in [4.69, 9.17) is 5.90 Å². The van der Waals surface area contributed by atoms with Gasteiger partial charge >= 0.3 is 5.69 Å². The minimum Gasteiger partial charge on any atom is -0.325 e. The van der Waals surface area contributed by atoms with Crippen LogP contribution < -0.4 is 17.1 Å². The van der Waals surface area contributed by atoms with Gasteiger partial charge in [0.2, 0.25) is 0 Å². The molecule has 0 aliphatic rings. The van der Waals surface area contributed by atoms with E-state index in [0.29, 0.717) is 30.7 Å². The molecule has 0 aliphatic heterocycles. The summed E-state index contributed by atoms with van der Waals surface area (Å²) < 4.78 is 4.13. The van der Waals surface area contributed by atoms with Gasteiger partial charge in [-0.2, -0.15) is 0 Å². The smallest absolute Gasteiger partial charge is 0.325 e. The monoisotopic (exact) mass is 289 g/mol. The Morgan fingerprint density at radius 2 is 2.00 bits per heavy atom. The average Bonchev–Trinajstić information content (AvgIpc) is 2.78. The van der Waals surface area contributed by atoms with Gasteiger partial charge in [-0.1, -0.05) is 0 Å². The van der Waals surface area contributed by atoms with Gasteiger partial charge in [-0.25, -0.2) is 15.7 Å². The molecule has 0 saturated carbocycles. The molecular weight excluding hydrogens is 274 g/mol. The van der Waals surface area contributed by atoms with Gasteiger partial charge in [0.25, 0.3) is 5.56 Å². The largest absolute Gasteiger partial charge is 0.332 e. The van der Waals surface area contributed by atoms with Crippen LogP contribution in [0.1, 0.15) is 6.42 Å². The molecule has 0 atom stereocenters. The Morgan fingerprint density at radius 1 is 1.32 bits per heavy atom. The number of aromatic nitrogens is 4. The van der Waals surface area contributed by atoms with Crippen LogP contribution >= 0.6 is 12.4 Å². The minimum atomic E-state index is -0.386. The first-order chi connectivity index (χ1) is 8.57. The number of imidazole rings is 1. The molecule has 2 aromatic heterocycles. The number of hydrogen-bond acceptors (Lipinski definition) is 5. The fourth-order valence-electron chi connectivity index (χ4n) is 1.88. The molecule has 2 aromatic rings. The van der Waals surface area contributed by atoms with E-state index in [9.17, 15) is 9.59 Å². The zero-order valence-corrected chi connectivity index (χ0v) is 11.5. The van der Waals surface area contributed by atoms with Crippen LogP contribution in [0, 0.1) is 0 Å². The number of nitrogens with two attached hydrogens (primary N) is 1. The van der Waals surface area contributed by atoms with Crippen molar-refractivity contribution in [1.82, 2.24) is 18.7 Å². The van der Waals surface area contributed by atoms with E-state index < -0.39 is 0 Å². The highest BCUT2D eigenvalue weighted by molar-refractivity contribution is 5.85. The number of nitrogens with zero attached hydrogens (tertiary/aromatic N) is 4. The predicted octanol–water partition coefficient (Wildman–Crippen LogP) is -0.864. The summed E-state index contributed by atoms with van der Waals surface area (Å²) in [6.07, 6.45) is 2.20. The Balaban J connectivity index is 0.00000180. The summed E-state index contributed by atoms with van der Waals surface area (Å²) in [5.41, 5.74) is 0.0655. The summed E-state index contributed by atoms with van der Waals surface area (Å²) in [7, 11) is 3.04. The summed E-state index contributed by atoms with van der Waals surface area (Å²) in [5.74, 6) is 4.94. The van der Waals surface area contributed by atoms with Crippen molar-refractivity contribution in [3.05, 3.63) is 27.2 Å². The quantitative estimate of drug-likeness (QED) is 0.583. The van der Waals surface area contributed by atoms with Crippen molar-refractivity contribution in [3.63, 3.8) is 0 Å². The van der Waals surface area contributed by atoms with E-state index >= 15 is 0 Å². The van der Waals surface area contributed by atoms with E-state index in [1.54, 1.807) is 17.9 Å². The minimum absolute atomic E-state index is 0. The lowest BCUT2D eigenvalue weighted by Crippen LogP contribution is -2.37. The third kappa shape index (κ3) is 2.55. The van der Waals surface area contributed by atoms with Crippen LogP contribution in [0.2, 0.25) is 0 Å². The van der Waals surface area contributed by atoms with Gasteiger partial charge in [-0.15, -0.1) is 12.4 Å². The van der Waals surface area contributed by atoms with Gasteiger partial charge < -0.3 is 9.40 Å². The summed E-state index contributed by atoms with van der Waals surface area (Å²) in [4.78, 5) is 32.3. The maximum Gasteiger partial charge on any atom is 0.332 e. The van der Waals surface area contributed by atoms with Crippen LogP contribution in [-0.4, -0.2) is 25.3 Å². The second-order valence-electron chi connectivity index (χ2n) is 4.04. The molecule has 0 amide bonds. The maximum absolute atomic E-state index is 12.0. The molecule has 9 heteroatoms. The first-order valence-corrected chi connectivity index (χ1v) is 5.50. The highest BCUT2D eigenvalue weighted by Gasteiger charge is 2.13. The lowest BCUT2D eigenvalue weighted by Gasteiger charge is -2.06. The molecule has 0 unspecified atom stereocenters. The number of fused-ring (bicyclic) bond motifs is 1. The van der Waals surface area contributed by atoms with E-state index in [2.05, 4.69) is 9.82 Å². The summed E-state index contributed by atoms with van der Waals surface area (Å²) in [6, 6.07) is 0. The van der Waals surface area contributed by atoms with Gasteiger partial charge in [-0.3, -0.25) is 13.9 Å².